The van der Waals surface area contributed by atoms with Crippen LogP contribution in [0.1, 0.15) is 31.9 Å². The van der Waals surface area contributed by atoms with E-state index in [2.05, 4.69) is 22.5 Å². The summed E-state index contributed by atoms with van der Waals surface area (Å²) in [5.41, 5.74) is 1.84. The van der Waals surface area contributed by atoms with Crippen LogP contribution in [-0.2, 0) is 0 Å². The van der Waals surface area contributed by atoms with Crippen molar-refractivity contribution >= 4 is 15.9 Å². The molecule has 0 aliphatic heterocycles. The predicted molar refractivity (Wildman–Crippen MR) is 69.7 cm³/mol. The molecule has 0 saturated carbocycles. The Morgan fingerprint density at radius 3 is 2.81 bits per heavy atom. The molecule has 3 heteroatoms. The minimum absolute atomic E-state index is 0.493. The van der Waals surface area contributed by atoms with Gasteiger partial charge in [0, 0.05) is 10.0 Å². The monoisotopic (exact) mass is 284 g/mol. The normalized spacial score (nSPS) is 12.2. The van der Waals surface area contributed by atoms with E-state index in [9.17, 15) is 5.11 Å². The average molecular weight is 285 g/mol. The molecule has 0 spiro atoms. The van der Waals surface area contributed by atoms with E-state index in [1.807, 2.05) is 25.1 Å². The third-order valence-electron chi connectivity index (χ3n) is 2.36. The minimum atomic E-state index is -0.530. The van der Waals surface area contributed by atoms with Crippen LogP contribution in [0.5, 0.6) is 5.75 Å². The average Bonchev–Trinajstić information content (AvgIpc) is 2.25. The maximum Gasteiger partial charge on any atom is 0.126 e. The van der Waals surface area contributed by atoms with Crippen molar-refractivity contribution in [3.63, 3.8) is 0 Å². The van der Waals surface area contributed by atoms with Gasteiger partial charge in [-0.25, -0.2) is 0 Å². The molecular formula is C13H17BrO2. The summed E-state index contributed by atoms with van der Waals surface area (Å²) in [6, 6.07) is 5.62. The lowest BCUT2D eigenvalue weighted by molar-refractivity contribution is 0.192. The predicted octanol–water partition coefficient (Wildman–Crippen LogP) is 3.85. The number of halogens is 1. The smallest absolute Gasteiger partial charge is 0.126 e. The molecule has 0 aliphatic rings. The van der Waals surface area contributed by atoms with Crippen LogP contribution in [0.25, 0.3) is 0 Å². The minimum Gasteiger partial charge on any atom is -0.489 e. The second-order valence-corrected chi connectivity index (χ2v) is 4.67. The van der Waals surface area contributed by atoms with Gasteiger partial charge in [-0.15, -0.1) is 0 Å². The fourth-order valence-electron chi connectivity index (χ4n) is 1.26. The lowest BCUT2D eigenvalue weighted by atomic mass is 10.1. The topological polar surface area (TPSA) is 29.5 Å². The molecule has 0 aliphatic carbocycles. The largest absolute Gasteiger partial charge is 0.489 e. The summed E-state index contributed by atoms with van der Waals surface area (Å²) in [5, 5.41) is 9.60. The Balaban J connectivity index is 2.84. The molecule has 1 N–H and O–H groups in total. The van der Waals surface area contributed by atoms with E-state index in [-0.39, 0.29) is 0 Å². The van der Waals surface area contributed by atoms with E-state index in [1.54, 1.807) is 6.92 Å². The van der Waals surface area contributed by atoms with Crippen LogP contribution < -0.4 is 4.74 Å². The maximum absolute atomic E-state index is 9.60. The van der Waals surface area contributed by atoms with Crippen molar-refractivity contribution in [1.82, 2.24) is 0 Å². The number of ether oxygens (including phenoxy) is 1. The summed E-state index contributed by atoms with van der Waals surface area (Å²) in [5.74, 6) is 0.707. The first-order valence-electron chi connectivity index (χ1n) is 5.31. The molecular weight excluding hydrogens is 268 g/mol. The molecule has 1 rings (SSSR count). The van der Waals surface area contributed by atoms with Gasteiger partial charge < -0.3 is 9.84 Å². The number of rotatable bonds is 5. The molecule has 2 nitrogen and oxygen atoms in total. The van der Waals surface area contributed by atoms with Gasteiger partial charge in [0.05, 0.1) is 6.10 Å². The number of aliphatic hydroxyl groups is 1. The quantitative estimate of drug-likeness (QED) is 0.833. The summed E-state index contributed by atoms with van der Waals surface area (Å²) < 4.78 is 6.58. The van der Waals surface area contributed by atoms with Gasteiger partial charge in [0.1, 0.15) is 12.4 Å². The van der Waals surface area contributed by atoms with Crippen LogP contribution in [0.2, 0.25) is 0 Å². The van der Waals surface area contributed by atoms with Crippen molar-refractivity contribution in [2.24, 2.45) is 0 Å². The fraction of sp³-hybridized carbons (Fsp3) is 0.385. The summed E-state index contributed by atoms with van der Waals surface area (Å²) in [6.07, 6.45) is 0.371. The van der Waals surface area contributed by atoms with Gasteiger partial charge in [-0.2, -0.15) is 0 Å². The summed E-state index contributed by atoms with van der Waals surface area (Å²) in [4.78, 5) is 0. The molecule has 16 heavy (non-hydrogen) atoms. The van der Waals surface area contributed by atoms with Gasteiger partial charge >= 0.3 is 0 Å². The molecule has 0 unspecified atom stereocenters. The Bertz CT molecular complexity index is 372. The van der Waals surface area contributed by atoms with E-state index >= 15 is 0 Å². The second kappa shape index (κ2) is 6.06. The molecule has 1 atom stereocenters. The van der Waals surface area contributed by atoms with Crippen molar-refractivity contribution in [3.05, 3.63) is 40.4 Å². The highest BCUT2D eigenvalue weighted by Gasteiger charge is 2.09. The molecule has 1 aromatic rings. The molecule has 88 valence electrons. The highest BCUT2D eigenvalue weighted by atomic mass is 79.9. The van der Waals surface area contributed by atoms with Gasteiger partial charge in [0.15, 0.2) is 0 Å². The standard InChI is InChI=1S/C13H17BrO2/c1-4-9(2)8-16-13-7-11(14)5-6-12(13)10(3)15/h5-7,10,15H,2,4,8H2,1,3H3/t10-/m1/s1. The van der Waals surface area contributed by atoms with Crippen LogP contribution in [0.4, 0.5) is 0 Å². The Hall–Kier alpha value is -0.800. The summed E-state index contributed by atoms with van der Waals surface area (Å²) in [7, 11) is 0. The SMILES string of the molecule is C=C(CC)COc1cc(Br)ccc1[C@@H](C)O. The second-order valence-electron chi connectivity index (χ2n) is 3.75. The zero-order chi connectivity index (χ0) is 12.1. The fourth-order valence-corrected chi connectivity index (χ4v) is 1.60. The molecule has 0 fully saturated rings. The Labute approximate surface area is 105 Å². The highest BCUT2D eigenvalue weighted by Crippen LogP contribution is 2.28. The van der Waals surface area contributed by atoms with E-state index in [4.69, 9.17) is 4.74 Å². The van der Waals surface area contributed by atoms with Crippen LogP contribution in [-0.4, -0.2) is 11.7 Å². The van der Waals surface area contributed by atoms with E-state index < -0.39 is 6.10 Å². The zero-order valence-corrected chi connectivity index (χ0v) is 11.3. The van der Waals surface area contributed by atoms with Gasteiger partial charge in [-0.1, -0.05) is 35.5 Å². The molecule has 0 amide bonds. The lowest BCUT2D eigenvalue weighted by Crippen LogP contribution is -2.03. The highest BCUT2D eigenvalue weighted by molar-refractivity contribution is 9.10. The first-order valence-corrected chi connectivity index (χ1v) is 6.10. The molecule has 0 aromatic heterocycles. The van der Waals surface area contributed by atoms with Crippen LogP contribution in [0.3, 0.4) is 0 Å². The molecule has 0 heterocycles. The van der Waals surface area contributed by atoms with Crippen LogP contribution >= 0.6 is 15.9 Å². The number of aliphatic hydroxyl groups excluding tert-OH is 1. The Morgan fingerprint density at radius 2 is 2.25 bits per heavy atom. The number of hydrogen-bond donors (Lipinski definition) is 1. The van der Waals surface area contributed by atoms with Crippen molar-refractivity contribution in [1.29, 1.82) is 0 Å². The third kappa shape index (κ3) is 3.65. The van der Waals surface area contributed by atoms with E-state index in [1.165, 1.54) is 0 Å². The molecule has 0 radical (unpaired) electrons. The van der Waals surface area contributed by atoms with Crippen molar-refractivity contribution in [3.8, 4) is 5.75 Å². The Morgan fingerprint density at radius 1 is 1.56 bits per heavy atom. The first kappa shape index (κ1) is 13.3. The van der Waals surface area contributed by atoms with Gasteiger partial charge in [-0.3, -0.25) is 0 Å². The molecule has 0 bridgehead atoms. The summed E-state index contributed by atoms with van der Waals surface area (Å²) >= 11 is 3.39. The van der Waals surface area contributed by atoms with E-state index in [0.717, 1.165) is 22.0 Å². The van der Waals surface area contributed by atoms with Gasteiger partial charge in [0.25, 0.3) is 0 Å². The van der Waals surface area contributed by atoms with Crippen molar-refractivity contribution < 1.29 is 9.84 Å². The number of benzene rings is 1. The molecule has 0 saturated heterocycles. The van der Waals surface area contributed by atoms with Crippen molar-refractivity contribution in [2.45, 2.75) is 26.4 Å². The van der Waals surface area contributed by atoms with E-state index in [0.29, 0.717) is 12.4 Å². The zero-order valence-electron chi connectivity index (χ0n) is 9.66. The Kier molecular flexibility index (Phi) is 5.03. The van der Waals surface area contributed by atoms with Crippen LogP contribution in [0, 0.1) is 0 Å². The first-order chi connectivity index (χ1) is 7.54. The third-order valence-corrected chi connectivity index (χ3v) is 2.85. The van der Waals surface area contributed by atoms with Gasteiger partial charge in [-0.05, 0) is 31.1 Å². The van der Waals surface area contributed by atoms with Crippen molar-refractivity contribution in [2.75, 3.05) is 6.61 Å². The maximum atomic E-state index is 9.60. The molecule has 1 aromatic carbocycles. The lowest BCUT2D eigenvalue weighted by Gasteiger charge is -2.14. The van der Waals surface area contributed by atoms with Crippen LogP contribution in [0.15, 0.2) is 34.8 Å². The van der Waals surface area contributed by atoms with Gasteiger partial charge in [0.2, 0.25) is 0 Å². The number of hydrogen-bond acceptors (Lipinski definition) is 2. The summed E-state index contributed by atoms with van der Waals surface area (Å²) in [6.45, 7) is 8.15.